The van der Waals surface area contributed by atoms with Gasteiger partial charge in [0.25, 0.3) is 0 Å². The minimum absolute atomic E-state index is 0.492. The predicted molar refractivity (Wildman–Crippen MR) is 138 cm³/mol. The number of pyridine rings is 1. The summed E-state index contributed by atoms with van der Waals surface area (Å²) in [6.45, 7) is 16.2. The van der Waals surface area contributed by atoms with Crippen molar-refractivity contribution >= 4 is 18.8 Å². The first-order valence-electron chi connectivity index (χ1n) is 12.5. The summed E-state index contributed by atoms with van der Waals surface area (Å²) in [4.78, 5) is 0. The molecule has 0 unspecified atom stereocenters. The summed E-state index contributed by atoms with van der Waals surface area (Å²) in [5, 5.41) is 2.32. The molecule has 1 nitrogen and oxygen atoms in total. The van der Waals surface area contributed by atoms with E-state index in [1.165, 1.54) is 63.8 Å². The number of nitrogens with zero attached hydrogens (tertiary/aromatic N) is 1. The maximum absolute atomic E-state index is 8.95. The van der Waals surface area contributed by atoms with Crippen LogP contribution in [0.25, 0.3) is 22.0 Å². The molecule has 0 bridgehead atoms. The number of hydrogen-bond donors (Lipinski definition) is 0. The molecule has 0 aliphatic carbocycles. The van der Waals surface area contributed by atoms with Crippen LogP contribution >= 0.6 is 0 Å². The van der Waals surface area contributed by atoms with E-state index in [1.54, 1.807) is 0 Å². The summed E-state index contributed by atoms with van der Waals surface area (Å²) in [5.41, 5.74) is 9.11. The minimum Gasteiger partial charge on any atom is -0.198 e. The molecule has 0 amide bonds. The highest BCUT2D eigenvalue weighted by Gasteiger charge is 2.30. The Labute approximate surface area is 191 Å². The van der Waals surface area contributed by atoms with E-state index >= 15 is 0 Å². The van der Waals surface area contributed by atoms with E-state index in [-0.39, 0.29) is 0 Å². The molecule has 2 heterocycles. The van der Waals surface area contributed by atoms with Gasteiger partial charge in [0.1, 0.15) is 7.05 Å². The van der Waals surface area contributed by atoms with E-state index in [0.717, 1.165) is 11.1 Å². The highest BCUT2D eigenvalue weighted by atomic mass is 28.3. The first-order valence-corrected chi connectivity index (χ1v) is 15.5. The first kappa shape index (κ1) is 20.9. The Morgan fingerprint density at radius 3 is 2.35 bits per heavy atom. The molecule has 4 rings (SSSR count). The zero-order valence-corrected chi connectivity index (χ0v) is 21.8. The largest absolute Gasteiger partial charge is 0.220 e. The Balaban J connectivity index is 1.92. The zero-order chi connectivity index (χ0) is 23.4. The third-order valence-corrected chi connectivity index (χ3v) is 11.2. The molecule has 1 fully saturated rings. The molecule has 0 spiro atoms. The van der Waals surface area contributed by atoms with E-state index < -0.39 is 8.07 Å². The Morgan fingerprint density at radius 2 is 1.71 bits per heavy atom. The monoisotopic (exact) mass is 431 g/mol. The average Bonchev–Trinajstić information content (AvgIpc) is 2.74. The number of fused-ring (bicyclic) bond motifs is 1. The lowest BCUT2D eigenvalue weighted by Crippen LogP contribution is -2.35. The zero-order valence-electron chi connectivity index (χ0n) is 21.8. The molecular weight excluding hydrogens is 390 g/mol. The molecule has 0 saturated carbocycles. The Hall–Kier alpha value is -1.93. The number of aromatic nitrogens is 1. The van der Waals surface area contributed by atoms with Crippen molar-refractivity contribution in [1.29, 1.82) is 0 Å². The van der Waals surface area contributed by atoms with Crippen LogP contribution in [0, 0.1) is 20.8 Å². The van der Waals surface area contributed by atoms with Gasteiger partial charge >= 0.3 is 0 Å². The molecule has 1 saturated heterocycles. The molecule has 1 aliphatic rings. The molecular formula is C29H40NSi+. The van der Waals surface area contributed by atoms with Gasteiger partial charge in [-0.1, -0.05) is 57.2 Å². The smallest absolute Gasteiger partial charge is 0.198 e. The van der Waals surface area contributed by atoms with Crippen LogP contribution in [0.15, 0.2) is 36.4 Å². The van der Waals surface area contributed by atoms with Crippen molar-refractivity contribution in [1.82, 2.24) is 0 Å². The fourth-order valence-electron chi connectivity index (χ4n) is 5.28. The fourth-order valence-corrected chi connectivity index (χ4v) is 7.79. The third-order valence-electron chi connectivity index (χ3n) is 7.87. The lowest BCUT2D eigenvalue weighted by atomic mass is 9.88. The summed E-state index contributed by atoms with van der Waals surface area (Å²) < 4.78 is 11.2. The fraction of sp³-hybridized carbons (Fsp3) is 0.483. The van der Waals surface area contributed by atoms with Crippen molar-refractivity contribution in [3.8, 4) is 11.3 Å². The molecule has 0 radical (unpaired) electrons. The molecule has 1 aliphatic heterocycles. The topological polar surface area (TPSA) is 3.88 Å². The van der Waals surface area contributed by atoms with Crippen molar-refractivity contribution < 1.29 is 5.94 Å². The highest BCUT2D eigenvalue weighted by molar-refractivity contribution is 6.77. The number of benzene rings is 2. The van der Waals surface area contributed by atoms with E-state index in [9.17, 15) is 0 Å². The standard InChI is InChI=1S/C29H40NSi/c1-19(2)25-15-20(3)22(5)28(18-25)29-27-10-9-24(17-26(27)16-21(4)30(29)6)23-11-13-31(7,8)14-12-23/h9-10,15-19,23H,11-14H2,1-8H3/q+1/i16D. The van der Waals surface area contributed by atoms with Crippen LogP contribution in [0.4, 0.5) is 0 Å². The molecule has 2 heteroatoms. The van der Waals surface area contributed by atoms with Crippen LogP contribution < -0.4 is 4.57 Å². The molecule has 1 aromatic heterocycles. The van der Waals surface area contributed by atoms with Crippen LogP contribution in [0.2, 0.25) is 25.2 Å². The van der Waals surface area contributed by atoms with Gasteiger partial charge in [0.2, 0.25) is 5.69 Å². The van der Waals surface area contributed by atoms with Gasteiger partial charge in [-0.15, -0.1) is 0 Å². The van der Waals surface area contributed by atoms with Crippen LogP contribution in [0.1, 0.15) is 67.8 Å². The van der Waals surface area contributed by atoms with Gasteiger partial charge in [0.15, 0.2) is 5.69 Å². The Kier molecular flexibility index (Phi) is 5.54. The SMILES string of the molecule is [2H]c1c(C)[n+](C)c(-c2cc(C(C)C)cc(C)c2C)c2ccc(C3CC[Si](C)(C)CC3)cc12. The van der Waals surface area contributed by atoms with Crippen LogP contribution in [0.3, 0.4) is 0 Å². The van der Waals surface area contributed by atoms with E-state index in [0.29, 0.717) is 17.9 Å². The lowest BCUT2D eigenvalue weighted by Gasteiger charge is -2.33. The number of aryl methyl sites for hydroxylation is 1. The molecule has 2 aromatic carbocycles. The molecule has 3 aromatic rings. The summed E-state index contributed by atoms with van der Waals surface area (Å²) in [5.74, 6) is 1.15. The van der Waals surface area contributed by atoms with Crippen molar-refractivity contribution in [2.45, 2.75) is 84.5 Å². The molecule has 0 atom stereocenters. The highest BCUT2D eigenvalue weighted by Crippen LogP contribution is 2.40. The first-order chi connectivity index (χ1) is 15.0. The molecule has 164 valence electrons. The van der Waals surface area contributed by atoms with Crippen LogP contribution in [-0.4, -0.2) is 8.07 Å². The summed E-state index contributed by atoms with van der Waals surface area (Å²) in [7, 11) is 1.16. The lowest BCUT2D eigenvalue weighted by molar-refractivity contribution is -0.665. The maximum Gasteiger partial charge on any atom is 0.220 e. The van der Waals surface area contributed by atoms with E-state index in [4.69, 9.17) is 1.37 Å². The van der Waals surface area contributed by atoms with Gasteiger partial charge in [0.05, 0.1) is 12.3 Å². The summed E-state index contributed by atoms with van der Waals surface area (Å²) >= 11 is 0. The number of rotatable bonds is 3. The minimum atomic E-state index is -0.966. The normalized spacial score (nSPS) is 17.4. The van der Waals surface area contributed by atoms with Gasteiger partial charge in [-0.3, -0.25) is 0 Å². The Bertz CT molecular complexity index is 1180. The summed E-state index contributed by atoms with van der Waals surface area (Å²) in [6.07, 6.45) is 2.64. The van der Waals surface area contributed by atoms with Crippen molar-refractivity contribution in [3.05, 3.63) is 64.3 Å². The second-order valence-electron chi connectivity index (χ2n) is 11.0. The van der Waals surface area contributed by atoms with Gasteiger partial charge in [0, 0.05) is 21.0 Å². The van der Waals surface area contributed by atoms with Crippen LogP contribution in [-0.2, 0) is 7.05 Å². The van der Waals surface area contributed by atoms with Crippen molar-refractivity contribution in [3.63, 3.8) is 0 Å². The van der Waals surface area contributed by atoms with Gasteiger partial charge in [-0.05, 0) is 78.3 Å². The van der Waals surface area contributed by atoms with Crippen molar-refractivity contribution in [2.24, 2.45) is 7.05 Å². The molecule has 0 N–H and O–H groups in total. The van der Waals surface area contributed by atoms with Gasteiger partial charge < -0.3 is 0 Å². The van der Waals surface area contributed by atoms with E-state index in [1.807, 2.05) is 0 Å². The van der Waals surface area contributed by atoms with Gasteiger partial charge in [-0.2, -0.15) is 4.57 Å². The quantitative estimate of drug-likeness (QED) is 0.292. The van der Waals surface area contributed by atoms with Gasteiger partial charge in [-0.25, -0.2) is 0 Å². The Morgan fingerprint density at radius 1 is 1.03 bits per heavy atom. The molecule has 31 heavy (non-hydrogen) atoms. The van der Waals surface area contributed by atoms with E-state index in [2.05, 4.69) is 89.7 Å². The van der Waals surface area contributed by atoms with Crippen LogP contribution in [0.5, 0.6) is 0 Å². The number of hydrogen-bond acceptors (Lipinski definition) is 0. The summed E-state index contributed by atoms with van der Waals surface area (Å²) in [6, 6.07) is 15.3. The predicted octanol–water partition coefficient (Wildman–Crippen LogP) is 7.97. The third kappa shape index (κ3) is 4.24. The maximum atomic E-state index is 8.95. The van der Waals surface area contributed by atoms with Crippen molar-refractivity contribution in [2.75, 3.05) is 0 Å². The average molecular weight is 432 g/mol. The second-order valence-corrected chi connectivity index (χ2v) is 16.4. The second kappa shape index (κ2) is 8.20.